The predicted molar refractivity (Wildman–Crippen MR) is 148 cm³/mol. The first-order valence-corrected chi connectivity index (χ1v) is 13.8. The van der Waals surface area contributed by atoms with E-state index in [-0.39, 0.29) is 36.0 Å². The second-order valence-corrected chi connectivity index (χ2v) is 10.7. The highest BCUT2D eigenvalue weighted by molar-refractivity contribution is 5.93. The van der Waals surface area contributed by atoms with Crippen molar-refractivity contribution in [3.63, 3.8) is 0 Å². The first-order chi connectivity index (χ1) is 18.7. The fourth-order valence-corrected chi connectivity index (χ4v) is 4.88. The molecule has 0 unspecified atom stereocenters. The lowest BCUT2D eigenvalue weighted by atomic mass is 10.0. The van der Waals surface area contributed by atoms with Crippen LogP contribution in [0, 0.1) is 5.92 Å². The van der Waals surface area contributed by atoms with Gasteiger partial charge in [-0.3, -0.25) is 14.4 Å². The number of para-hydroxylation sites is 1. The van der Waals surface area contributed by atoms with Crippen LogP contribution in [-0.4, -0.2) is 72.1 Å². The molecular weight excluding hydrogens is 496 g/mol. The van der Waals surface area contributed by atoms with E-state index >= 15 is 0 Å². The number of phenolic OH excluding ortho intramolecular Hbond substituents is 1. The average molecular weight is 537 g/mol. The Balaban J connectivity index is 1.57. The number of hydrogen-bond acceptors (Lipinski definition) is 6. The van der Waals surface area contributed by atoms with E-state index in [4.69, 9.17) is 4.74 Å². The van der Waals surface area contributed by atoms with Crippen LogP contribution < -0.4 is 20.7 Å². The first kappa shape index (κ1) is 28.4. The van der Waals surface area contributed by atoms with Crippen molar-refractivity contribution < 1.29 is 24.2 Å². The van der Waals surface area contributed by atoms with Gasteiger partial charge >= 0.3 is 0 Å². The summed E-state index contributed by atoms with van der Waals surface area (Å²) in [7, 11) is 1.63. The molecule has 3 amide bonds. The molecular formula is C30H40N4O5. The van der Waals surface area contributed by atoms with Gasteiger partial charge in [0.2, 0.25) is 17.7 Å². The fraction of sp³-hybridized carbons (Fsp3) is 0.500. The van der Waals surface area contributed by atoms with Crippen molar-refractivity contribution in [2.75, 3.05) is 20.1 Å². The number of fused-ring (bicyclic) bond motifs is 1. The molecule has 1 aliphatic heterocycles. The third-order valence-corrected chi connectivity index (χ3v) is 7.50. The third kappa shape index (κ3) is 7.72. The molecule has 1 fully saturated rings. The first-order valence-electron chi connectivity index (χ1n) is 13.8. The van der Waals surface area contributed by atoms with E-state index in [1.54, 1.807) is 38.2 Å². The number of nitrogens with one attached hydrogen (secondary N) is 3. The molecule has 1 heterocycles. The van der Waals surface area contributed by atoms with Crippen LogP contribution in [0.3, 0.4) is 0 Å². The van der Waals surface area contributed by atoms with Gasteiger partial charge in [0.15, 0.2) is 0 Å². The number of carbonyl (C=O) groups is 3. The van der Waals surface area contributed by atoms with Crippen molar-refractivity contribution in [3.8, 4) is 11.5 Å². The van der Waals surface area contributed by atoms with Crippen LogP contribution in [0.1, 0.15) is 44.2 Å². The standard InChI is InChI=1S/C30H40N4O5/c1-19-18-32-27(23-13-14-23)30(38)34(3)20(2)28(36)33-25(17-21-8-6-11-24(35)16-21)29(37)31-15-7-10-22-9-4-5-12-26(22)39-19/h4-6,8-9,11-12,16,19-20,23,25,27,32,35H,7,10,13-15,17-18H2,1-3H3,(H,31,37)(H,33,36)/t19-,20-,25-,27+/m1/s1. The number of benzene rings is 2. The minimum absolute atomic E-state index is 0.0898. The molecule has 9 nitrogen and oxygen atoms in total. The van der Waals surface area contributed by atoms with Gasteiger partial charge in [0.1, 0.15) is 29.7 Å². The second-order valence-electron chi connectivity index (χ2n) is 10.7. The number of ether oxygens (including phenoxy) is 1. The smallest absolute Gasteiger partial charge is 0.243 e. The number of aromatic hydroxyl groups is 1. The van der Waals surface area contributed by atoms with Gasteiger partial charge in [-0.15, -0.1) is 0 Å². The van der Waals surface area contributed by atoms with Crippen molar-refractivity contribution in [3.05, 3.63) is 59.7 Å². The maximum absolute atomic E-state index is 13.5. The quantitative estimate of drug-likeness (QED) is 0.477. The van der Waals surface area contributed by atoms with Crippen molar-refractivity contribution in [1.29, 1.82) is 0 Å². The van der Waals surface area contributed by atoms with Crippen LogP contribution in [-0.2, 0) is 27.2 Å². The molecule has 0 spiro atoms. The van der Waals surface area contributed by atoms with Crippen LogP contribution in [0.2, 0.25) is 0 Å². The van der Waals surface area contributed by atoms with Gasteiger partial charge in [0.05, 0.1) is 6.04 Å². The summed E-state index contributed by atoms with van der Waals surface area (Å²) in [6.45, 7) is 4.57. The summed E-state index contributed by atoms with van der Waals surface area (Å²) in [5.41, 5.74) is 1.76. The maximum Gasteiger partial charge on any atom is 0.243 e. The largest absolute Gasteiger partial charge is 0.508 e. The molecule has 2 aromatic rings. The Bertz CT molecular complexity index is 1170. The molecule has 4 rings (SSSR count). The van der Waals surface area contributed by atoms with Gasteiger partial charge in [0, 0.05) is 26.6 Å². The molecule has 9 heteroatoms. The number of hydrogen-bond donors (Lipinski definition) is 4. The molecule has 1 aliphatic carbocycles. The van der Waals surface area contributed by atoms with Crippen molar-refractivity contribution in [2.24, 2.45) is 5.92 Å². The maximum atomic E-state index is 13.5. The van der Waals surface area contributed by atoms with Gasteiger partial charge in [-0.05, 0) is 74.8 Å². The molecule has 0 saturated heterocycles. The normalized spacial score (nSPS) is 25.9. The zero-order chi connectivity index (χ0) is 27.9. The van der Waals surface area contributed by atoms with Gasteiger partial charge in [-0.1, -0.05) is 30.3 Å². The Morgan fingerprint density at radius 3 is 2.54 bits per heavy atom. The average Bonchev–Trinajstić information content (AvgIpc) is 3.75. The van der Waals surface area contributed by atoms with Crippen molar-refractivity contribution in [2.45, 2.75) is 70.2 Å². The SMILES string of the molecule is C[C@@H]1CN[C@@H](C2CC2)C(=O)N(C)[C@H](C)C(=O)N[C@H](Cc2cccc(O)c2)C(=O)NCCCc2ccccc2O1. The Morgan fingerprint density at radius 2 is 1.79 bits per heavy atom. The lowest BCUT2D eigenvalue weighted by molar-refractivity contribution is -0.141. The Morgan fingerprint density at radius 1 is 1.03 bits per heavy atom. The van der Waals surface area contributed by atoms with E-state index < -0.39 is 24.0 Å². The summed E-state index contributed by atoms with van der Waals surface area (Å²) in [5, 5.41) is 19.1. The van der Waals surface area contributed by atoms with Gasteiger partial charge in [-0.25, -0.2) is 0 Å². The minimum atomic E-state index is -0.863. The molecule has 0 radical (unpaired) electrons. The van der Waals surface area contributed by atoms with Crippen LogP contribution in [0.15, 0.2) is 48.5 Å². The lowest BCUT2D eigenvalue weighted by Crippen LogP contribution is -2.57. The van der Waals surface area contributed by atoms with Crippen LogP contribution in [0.25, 0.3) is 0 Å². The topological polar surface area (TPSA) is 120 Å². The van der Waals surface area contributed by atoms with Gasteiger partial charge in [-0.2, -0.15) is 0 Å². The number of nitrogens with zero attached hydrogens (tertiary/aromatic N) is 1. The van der Waals surface area contributed by atoms with E-state index in [0.29, 0.717) is 31.5 Å². The van der Waals surface area contributed by atoms with E-state index in [1.807, 2.05) is 31.2 Å². The molecule has 210 valence electrons. The van der Waals surface area contributed by atoms with E-state index in [1.165, 1.54) is 4.90 Å². The summed E-state index contributed by atoms with van der Waals surface area (Å²) in [6, 6.07) is 12.5. The molecule has 0 aromatic heterocycles. The molecule has 2 aliphatic rings. The summed E-state index contributed by atoms with van der Waals surface area (Å²) in [6.07, 6.45) is 3.37. The molecule has 0 bridgehead atoms. The number of rotatable bonds is 3. The summed E-state index contributed by atoms with van der Waals surface area (Å²) in [4.78, 5) is 41.5. The van der Waals surface area contributed by atoms with Crippen molar-refractivity contribution in [1.82, 2.24) is 20.9 Å². The number of aryl methyl sites for hydroxylation is 1. The van der Waals surface area contributed by atoms with E-state index in [2.05, 4.69) is 16.0 Å². The summed E-state index contributed by atoms with van der Waals surface area (Å²) >= 11 is 0. The van der Waals surface area contributed by atoms with Gasteiger partial charge < -0.3 is 30.7 Å². The highest BCUT2D eigenvalue weighted by Gasteiger charge is 2.39. The summed E-state index contributed by atoms with van der Waals surface area (Å²) < 4.78 is 6.25. The Kier molecular flexibility index (Phi) is 9.45. The predicted octanol–water partition coefficient (Wildman–Crippen LogP) is 2.16. The molecule has 4 atom stereocenters. The number of carbonyl (C=O) groups excluding carboxylic acids is 3. The van der Waals surface area contributed by atoms with Gasteiger partial charge in [0.25, 0.3) is 0 Å². The van der Waals surface area contributed by atoms with E-state index in [0.717, 1.165) is 24.2 Å². The van der Waals surface area contributed by atoms with Crippen LogP contribution >= 0.6 is 0 Å². The fourth-order valence-electron chi connectivity index (χ4n) is 4.88. The highest BCUT2D eigenvalue weighted by Crippen LogP contribution is 2.33. The number of phenols is 1. The molecule has 1 saturated carbocycles. The highest BCUT2D eigenvalue weighted by atomic mass is 16.5. The summed E-state index contributed by atoms with van der Waals surface area (Å²) in [5.74, 6) is 0.241. The molecule has 2 aromatic carbocycles. The third-order valence-electron chi connectivity index (χ3n) is 7.50. The molecule has 4 N–H and O–H groups in total. The monoisotopic (exact) mass is 536 g/mol. The number of likely N-dealkylation sites (N-methyl/N-ethyl adjacent to an activating group) is 1. The van der Waals surface area contributed by atoms with Crippen molar-refractivity contribution >= 4 is 17.7 Å². The minimum Gasteiger partial charge on any atom is -0.508 e. The zero-order valence-electron chi connectivity index (χ0n) is 23.0. The second kappa shape index (κ2) is 13.0. The lowest BCUT2D eigenvalue weighted by Gasteiger charge is -2.31. The van der Waals surface area contributed by atoms with E-state index in [9.17, 15) is 19.5 Å². The van der Waals surface area contributed by atoms with Crippen LogP contribution in [0.5, 0.6) is 11.5 Å². The number of amides is 3. The Labute approximate surface area is 230 Å². The van der Waals surface area contributed by atoms with Crippen LogP contribution in [0.4, 0.5) is 0 Å². The Hall–Kier alpha value is -3.59. The zero-order valence-corrected chi connectivity index (χ0v) is 23.0. The molecule has 39 heavy (non-hydrogen) atoms.